The Labute approximate surface area is 436 Å². The molecule has 0 aliphatic rings. The molecule has 14 aromatic rings. The van der Waals surface area contributed by atoms with Crippen molar-refractivity contribution in [2.45, 2.75) is 0 Å². The molecule has 2 aromatic heterocycles. The molecule has 0 saturated carbocycles. The number of nitrogens with zero attached hydrogens (tertiary/aromatic N) is 2. The van der Waals surface area contributed by atoms with Crippen molar-refractivity contribution in [1.82, 2.24) is 4.57 Å². The number of rotatable bonds is 10. The molecule has 0 aliphatic carbocycles. The molecule has 12 aromatic carbocycles. The third kappa shape index (κ3) is 7.86. The topological polar surface area (TPSA) is 21.3 Å². The lowest BCUT2D eigenvalue weighted by molar-refractivity contribution is 0.669. The highest BCUT2D eigenvalue weighted by molar-refractivity contribution is 6.09. The van der Waals surface area contributed by atoms with Gasteiger partial charge in [0.2, 0.25) is 0 Å². The van der Waals surface area contributed by atoms with Gasteiger partial charge in [-0.1, -0.05) is 212 Å². The summed E-state index contributed by atoms with van der Waals surface area (Å²) < 4.78 is 8.57. The van der Waals surface area contributed by atoms with Gasteiger partial charge >= 0.3 is 0 Å². The van der Waals surface area contributed by atoms with E-state index >= 15 is 0 Å². The summed E-state index contributed by atoms with van der Waals surface area (Å²) in [6.07, 6.45) is 0. The zero-order chi connectivity index (χ0) is 49.7. The molecule has 75 heavy (non-hydrogen) atoms. The molecule has 352 valence electrons. The van der Waals surface area contributed by atoms with E-state index < -0.39 is 0 Å². The van der Waals surface area contributed by atoms with Crippen LogP contribution in [0.25, 0.3) is 116 Å². The molecule has 0 bridgehead atoms. The van der Waals surface area contributed by atoms with Crippen molar-refractivity contribution in [1.29, 1.82) is 0 Å². The fraction of sp³-hybridized carbons (Fsp3) is 0. The van der Waals surface area contributed by atoms with Gasteiger partial charge in [0.05, 0.1) is 11.0 Å². The maximum Gasteiger partial charge on any atom is 0.135 e. The van der Waals surface area contributed by atoms with Gasteiger partial charge in [-0.2, -0.15) is 0 Å². The standard InChI is InChI=1S/C72H48N2O/c1-2-17-51(18-3-1)59-21-4-6-23-61(59)63-25-8-9-26-64(63)62-24-7-5-22-60(62)52-37-44-57(45-38-52)73(56-42-35-50(36-43-56)54-39-46-72-68(48-54)67-29-12-15-32-71(67)75-72)55-40-33-49(34-41-55)53-19-16-20-58(47-53)74-69-30-13-10-27-65(69)66-28-11-14-31-70(66)74/h1-48H. The molecule has 0 amide bonds. The SMILES string of the molecule is c1ccc(-c2ccccc2-c2ccccc2-c2ccccc2-c2ccc(N(c3ccc(-c4cccc(-n5c6ccccc6c6ccccc65)c4)cc3)c3ccc(-c4ccc5oc6ccccc6c5c4)cc3)cc2)cc1. The van der Waals surface area contributed by atoms with Gasteiger partial charge in [-0.25, -0.2) is 0 Å². The second-order valence-electron chi connectivity index (χ2n) is 19.2. The number of aromatic nitrogens is 1. The van der Waals surface area contributed by atoms with Gasteiger partial charge in [-0.3, -0.25) is 0 Å². The van der Waals surface area contributed by atoms with Gasteiger partial charge in [0.1, 0.15) is 11.2 Å². The van der Waals surface area contributed by atoms with E-state index in [0.717, 1.165) is 72.5 Å². The Hall–Kier alpha value is -9.96. The molecule has 0 N–H and O–H groups in total. The van der Waals surface area contributed by atoms with Gasteiger partial charge < -0.3 is 13.9 Å². The van der Waals surface area contributed by atoms with Crippen LogP contribution >= 0.6 is 0 Å². The van der Waals surface area contributed by atoms with Crippen LogP contribution in [0, 0.1) is 0 Å². The summed E-state index contributed by atoms with van der Waals surface area (Å²) in [4.78, 5) is 2.36. The summed E-state index contributed by atoms with van der Waals surface area (Å²) in [5.41, 5.74) is 22.7. The van der Waals surface area contributed by atoms with Crippen LogP contribution in [-0.4, -0.2) is 4.57 Å². The first-order chi connectivity index (χ1) is 37.2. The molecule has 0 aliphatic heterocycles. The van der Waals surface area contributed by atoms with E-state index in [0.29, 0.717) is 0 Å². The summed E-state index contributed by atoms with van der Waals surface area (Å²) in [5.74, 6) is 0. The molecule has 0 fully saturated rings. The zero-order valence-electron chi connectivity index (χ0n) is 41.0. The van der Waals surface area contributed by atoms with Crippen molar-refractivity contribution in [3.8, 4) is 72.4 Å². The highest BCUT2D eigenvalue weighted by Crippen LogP contribution is 2.44. The first-order valence-corrected chi connectivity index (χ1v) is 25.6. The zero-order valence-corrected chi connectivity index (χ0v) is 41.0. The number of para-hydroxylation sites is 3. The summed E-state index contributed by atoms with van der Waals surface area (Å²) in [6.45, 7) is 0. The average molecular weight is 957 g/mol. The normalized spacial score (nSPS) is 11.5. The van der Waals surface area contributed by atoms with Gasteiger partial charge in [0.25, 0.3) is 0 Å². The number of benzene rings is 12. The van der Waals surface area contributed by atoms with E-state index in [4.69, 9.17) is 4.42 Å². The number of anilines is 3. The van der Waals surface area contributed by atoms with E-state index in [2.05, 4.69) is 289 Å². The lowest BCUT2D eigenvalue weighted by Gasteiger charge is -2.26. The number of furan rings is 1. The van der Waals surface area contributed by atoms with Crippen molar-refractivity contribution >= 4 is 60.8 Å². The minimum atomic E-state index is 0.897. The maximum absolute atomic E-state index is 6.18. The van der Waals surface area contributed by atoms with Crippen LogP contribution < -0.4 is 4.90 Å². The minimum Gasteiger partial charge on any atom is -0.456 e. The quantitative estimate of drug-likeness (QED) is 0.136. The Bertz CT molecular complexity index is 4340. The number of hydrogen-bond donors (Lipinski definition) is 0. The van der Waals surface area contributed by atoms with Crippen molar-refractivity contribution in [3.63, 3.8) is 0 Å². The highest BCUT2D eigenvalue weighted by Gasteiger charge is 2.19. The predicted molar refractivity (Wildman–Crippen MR) is 315 cm³/mol. The molecule has 2 heterocycles. The molecule has 0 radical (unpaired) electrons. The fourth-order valence-electron chi connectivity index (χ4n) is 11.3. The molecule has 3 heteroatoms. The van der Waals surface area contributed by atoms with Crippen LogP contribution in [0.3, 0.4) is 0 Å². The van der Waals surface area contributed by atoms with Crippen molar-refractivity contribution in [3.05, 3.63) is 291 Å². The Morgan fingerprint density at radius 1 is 0.240 bits per heavy atom. The van der Waals surface area contributed by atoms with Crippen LogP contribution in [0.5, 0.6) is 0 Å². The third-order valence-electron chi connectivity index (χ3n) is 14.9. The van der Waals surface area contributed by atoms with E-state index in [9.17, 15) is 0 Å². The monoisotopic (exact) mass is 956 g/mol. The Morgan fingerprint density at radius 3 is 1.19 bits per heavy atom. The van der Waals surface area contributed by atoms with E-state index in [-0.39, 0.29) is 0 Å². The van der Waals surface area contributed by atoms with Crippen molar-refractivity contribution in [2.24, 2.45) is 0 Å². The molecular weight excluding hydrogens is 909 g/mol. The van der Waals surface area contributed by atoms with E-state index in [1.807, 2.05) is 12.1 Å². The number of fused-ring (bicyclic) bond motifs is 6. The second-order valence-corrected chi connectivity index (χ2v) is 19.2. The lowest BCUT2D eigenvalue weighted by Crippen LogP contribution is -2.09. The molecule has 0 saturated heterocycles. The summed E-state index contributed by atoms with van der Waals surface area (Å²) in [6, 6.07) is 105. The molecular formula is C72H48N2O. The van der Waals surface area contributed by atoms with Gasteiger partial charge in [0.15, 0.2) is 0 Å². The number of hydrogen-bond acceptors (Lipinski definition) is 2. The van der Waals surface area contributed by atoms with Gasteiger partial charge in [-0.05, 0) is 146 Å². The van der Waals surface area contributed by atoms with Gasteiger partial charge in [0, 0.05) is 44.3 Å². The summed E-state index contributed by atoms with van der Waals surface area (Å²) in [5, 5.41) is 4.76. The Kier molecular flexibility index (Phi) is 10.8. The molecule has 0 atom stereocenters. The van der Waals surface area contributed by atoms with Crippen molar-refractivity contribution < 1.29 is 4.42 Å². The van der Waals surface area contributed by atoms with Crippen LogP contribution in [0.2, 0.25) is 0 Å². The van der Waals surface area contributed by atoms with E-state index in [1.165, 1.54) is 60.8 Å². The van der Waals surface area contributed by atoms with Crippen LogP contribution in [0.4, 0.5) is 17.1 Å². The minimum absolute atomic E-state index is 0.897. The summed E-state index contributed by atoms with van der Waals surface area (Å²) >= 11 is 0. The highest BCUT2D eigenvalue weighted by atomic mass is 16.3. The largest absolute Gasteiger partial charge is 0.456 e. The predicted octanol–water partition coefficient (Wildman–Crippen LogP) is 20.2. The summed E-state index contributed by atoms with van der Waals surface area (Å²) in [7, 11) is 0. The second kappa shape index (κ2) is 18.6. The smallest absolute Gasteiger partial charge is 0.135 e. The Balaban J connectivity index is 0.839. The Morgan fingerprint density at radius 2 is 0.627 bits per heavy atom. The van der Waals surface area contributed by atoms with Crippen molar-refractivity contribution in [2.75, 3.05) is 4.90 Å². The fourth-order valence-corrected chi connectivity index (χ4v) is 11.3. The van der Waals surface area contributed by atoms with Crippen LogP contribution in [0.1, 0.15) is 0 Å². The lowest BCUT2D eigenvalue weighted by atomic mass is 9.87. The molecule has 0 spiro atoms. The maximum atomic E-state index is 6.18. The third-order valence-corrected chi connectivity index (χ3v) is 14.9. The van der Waals surface area contributed by atoms with Gasteiger partial charge in [-0.15, -0.1) is 0 Å². The first-order valence-electron chi connectivity index (χ1n) is 25.6. The van der Waals surface area contributed by atoms with Crippen LogP contribution in [-0.2, 0) is 0 Å². The first kappa shape index (κ1) is 43.8. The molecule has 3 nitrogen and oxygen atoms in total. The van der Waals surface area contributed by atoms with E-state index in [1.54, 1.807) is 0 Å². The average Bonchev–Trinajstić information content (AvgIpc) is 4.05. The molecule has 0 unspecified atom stereocenters. The molecule has 14 rings (SSSR count). The van der Waals surface area contributed by atoms with Crippen LogP contribution in [0.15, 0.2) is 296 Å².